The van der Waals surface area contributed by atoms with E-state index in [1.807, 2.05) is 29.1 Å². The summed E-state index contributed by atoms with van der Waals surface area (Å²) in [6.45, 7) is 4.69. The number of benzene rings is 1. The Balaban J connectivity index is 1.94. The molecule has 0 unspecified atom stereocenters. The second kappa shape index (κ2) is 5.92. The van der Waals surface area contributed by atoms with Crippen molar-refractivity contribution in [2.24, 2.45) is 0 Å². The predicted molar refractivity (Wildman–Crippen MR) is 79.5 cm³/mol. The number of hydrogen-bond donors (Lipinski definition) is 1. The second-order valence-corrected chi connectivity index (χ2v) is 4.88. The molecule has 1 aromatic carbocycles. The van der Waals surface area contributed by atoms with Crippen LogP contribution in [0.2, 0.25) is 0 Å². The van der Waals surface area contributed by atoms with Crippen LogP contribution in [0.3, 0.4) is 0 Å². The third-order valence-corrected chi connectivity index (χ3v) is 3.38. The number of para-hydroxylation sites is 1. The van der Waals surface area contributed by atoms with Crippen molar-refractivity contribution >= 4 is 11.0 Å². The fraction of sp³-hybridized carbons (Fsp3) is 0.312. The summed E-state index contributed by atoms with van der Waals surface area (Å²) in [5.74, 6) is 0.985. The summed E-state index contributed by atoms with van der Waals surface area (Å²) >= 11 is 0. The molecule has 0 atom stereocenters. The summed E-state index contributed by atoms with van der Waals surface area (Å²) in [7, 11) is 0. The number of hydrogen-bond acceptors (Lipinski definition) is 3. The minimum atomic E-state index is 0.671. The molecule has 0 saturated carbocycles. The quantitative estimate of drug-likeness (QED) is 0.699. The average molecular weight is 269 g/mol. The van der Waals surface area contributed by atoms with Crippen molar-refractivity contribution in [1.29, 1.82) is 0 Å². The number of furan rings is 1. The lowest BCUT2D eigenvalue weighted by molar-refractivity contribution is 0.499. The maximum atomic E-state index is 6.00. The van der Waals surface area contributed by atoms with E-state index in [2.05, 4.69) is 29.5 Å². The van der Waals surface area contributed by atoms with E-state index in [0.717, 1.165) is 30.9 Å². The summed E-state index contributed by atoms with van der Waals surface area (Å²) < 4.78 is 7.89. The molecule has 0 fully saturated rings. The highest BCUT2D eigenvalue weighted by Gasteiger charge is 2.13. The van der Waals surface area contributed by atoms with Gasteiger partial charge in [0.05, 0.1) is 6.54 Å². The molecule has 0 spiro atoms. The van der Waals surface area contributed by atoms with Crippen molar-refractivity contribution in [2.45, 2.75) is 26.4 Å². The molecule has 2 aromatic heterocycles. The Morgan fingerprint density at radius 1 is 1.25 bits per heavy atom. The predicted octanol–water partition coefficient (Wildman–Crippen LogP) is 3.18. The van der Waals surface area contributed by atoms with E-state index in [9.17, 15) is 0 Å². The molecule has 104 valence electrons. The van der Waals surface area contributed by atoms with Gasteiger partial charge in [0.15, 0.2) is 0 Å². The molecule has 0 aliphatic carbocycles. The van der Waals surface area contributed by atoms with E-state index in [4.69, 9.17) is 4.42 Å². The van der Waals surface area contributed by atoms with Gasteiger partial charge in [-0.1, -0.05) is 25.1 Å². The van der Waals surface area contributed by atoms with E-state index < -0.39 is 0 Å². The topological polar surface area (TPSA) is 43.0 Å². The summed E-state index contributed by atoms with van der Waals surface area (Å²) in [5, 5.41) is 8.91. The molecule has 20 heavy (non-hydrogen) atoms. The first-order chi connectivity index (χ1) is 9.88. The maximum Gasteiger partial charge on any atom is 0.134 e. The van der Waals surface area contributed by atoms with Gasteiger partial charge in [0, 0.05) is 29.9 Å². The monoisotopic (exact) mass is 269 g/mol. The molecule has 0 radical (unpaired) electrons. The average Bonchev–Trinajstić information content (AvgIpc) is 3.08. The molecule has 0 saturated heterocycles. The minimum Gasteiger partial charge on any atom is -0.459 e. The molecule has 0 aliphatic rings. The van der Waals surface area contributed by atoms with Gasteiger partial charge in [-0.05, 0) is 25.1 Å². The summed E-state index contributed by atoms with van der Waals surface area (Å²) in [6, 6.07) is 10.1. The van der Waals surface area contributed by atoms with Gasteiger partial charge in [-0.25, -0.2) is 0 Å². The van der Waals surface area contributed by atoms with Gasteiger partial charge in [0.25, 0.3) is 0 Å². The smallest absolute Gasteiger partial charge is 0.134 e. The zero-order valence-corrected chi connectivity index (χ0v) is 11.7. The maximum absolute atomic E-state index is 6.00. The number of rotatable bonds is 6. The highest BCUT2D eigenvalue weighted by molar-refractivity contribution is 5.82. The highest BCUT2D eigenvalue weighted by atomic mass is 16.3. The lowest BCUT2D eigenvalue weighted by Gasteiger charge is -2.05. The summed E-state index contributed by atoms with van der Waals surface area (Å²) in [5.41, 5.74) is 2.19. The molecule has 4 heteroatoms. The van der Waals surface area contributed by atoms with E-state index >= 15 is 0 Å². The highest BCUT2D eigenvalue weighted by Crippen LogP contribution is 2.26. The zero-order chi connectivity index (χ0) is 13.8. The Morgan fingerprint density at radius 3 is 2.95 bits per heavy atom. The molecule has 3 rings (SSSR count). The van der Waals surface area contributed by atoms with Crippen molar-refractivity contribution in [2.75, 3.05) is 6.54 Å². The molecule has 0 amide bonds. The van der Waals surface area contributed by atoms with Crippen LogP contribution in [0, 0.1) is 0 Å². The van der Waals surface area contributed by atoms with Crippen LogP contribution in [0.25, 0.3) is 11.0 Å². The van der Waals surface area contributed by atoms with Crippen LogP contribution in [-0.2, 0) is 13.1 Å². The summed E-state index contributed by atoms with van der Waals surface area (Å²) in [6.07, 6.45) is 4.87. The Labute approximate surface area is 118 Å². The van der Waals surface area contributed by atoms with Crippen LogP contribution in [0.15, 0.2) is 47.1 Å². The largest absolute Gasteiger partial charge is 0.459 e. The molecular weight excluding hydrogens is 250 g/mol. The number of fused-ring (bicyclic) bond motifs is 1. The Bertz CT molecular complexity index is 670. The fourth-order valence-electron chi connectivity index (χ4n) is 2.40. The Hall–Kier alpha value is -2.07. The van der Waals surface area contributed by atoms with Gasteiger partial charge in [-0.3, -0.25) is 4.68 Å². The van der Waals surface area contributed by atoms with Gasteiger partial charge in [-0.15, -0.1) is 0 Å². The van der Waals surface area contributed by atoms with Gasteiger partial charge in [-0.2, -0.15) is 5.10 Å². The van der Waals surface area contributed by atoms with Crippen molar-refractivity contribution in [3.05, 3.63) is 54.0 Å². The van der Waals surface area contributed by atoms with E-state index in [-0.39, 0.29) is 0 Å². The third kappa shape index (κ3) is 2.60. The number of nitrogens with zero attached hydrogens (tertiary/aromatic N) is 2. The SMILES string of the molecule is CCCNCc1c(Cn2cccn2)oc2ccccc12. The third-order valence-electron chi connectivity index (χ3n) is 3.38. The molecule has 3 aromatic rings. The molecule has 4 nitrogen and oxygen atoms in total. The standard InChI is InChI=1S/C16H19N3O/c1-2-8-17-11-14-13-6-3-4-7-15(13)20-16(14)12-19-10-5-9-18-19/h3-7,9-10,17H,2,8,11-12H2,1H3. The normalized spacial score (nSPS) is 11.2. The Morgan fingerprint density at radius 2 is 2.15 bits per heavy atom. The van der Waals surface area contributed by atoms with Crippen LogP contribution in [0.5, 0.6) is 0 Å². The van der Waals surface area contributed by atoms with Crippen molar-refractivity contribution in [1.82, 2.24) is 15.1 Å². The Kier molecular flexibility index (Phi) is 3.83. The molecule has 1 N–H and O–H groups in total. The van der Waals surface area contributed by atoms with Gasteiger partial charge in [0.2, 0.25) is 0 Å². The van der Waals surface area contributed by atoms with E-state index in [0.29, 0.717) is 6.54 Å². The van der Waals surface area contributed by atoms with Crippen molar-refractivity contribution < 1.29 is 4.42 Å². The van der Waals surface area contributed by atoms with Crippen LogP contribution in [0.1, 0.15) is 24.7 Å². The van der Waals surface area contributed by atoms with Crippen LogP contribution in [-0.4, -0.2) is 16.3 Å². The van der Waals surface area contributed by atoms with Gasteiger partial charge >= 0.3 is 0 Å². The fourth-order valence-corrected chi connectivity index (χ4v) is 2.40. The molecule has 0 bridgehead atoms. The van der Waals surface area contributed by atoms with Gasteiger partial charge < -0.3 is 9.73 Å². The van der Waals surface area contributed by atoms with Gasteiger partial charge in [0.1, 0.15) is 11.3 Å². The second-order valence-electron chi connectivity index (χ2n) is 4.88. The number of aromatic nitrogens is 2. The number of nitrogens with one attached hydrogen (secondary N) is 1. The van der Waals surface area contributed by atoms with E-state index in [1.165, 1.54) is 10.9 Å². The lowest BCUT2D eigenvalue weighted by Crippen LogP contribution is -2.15. The van der Waals surface area contributed by atoms with E-state index in [1.54, 1.807) is 6.20 Å². The van der Waals surface area contributed by atoms with Crippen LogP contribution >= 0.6 is 0 Å². The molecular formula is C16H19N3O. The van der Waals surface area contributed by atoms with Crippen molar-refractivity contribution in [3.8, 4) is 0 Å². The first-order valence-electron chi connectivity index (χ1n) is 7.06. The summed E-state index contributed by atoms with van der Waals surface area (Å²) in [4.78, 5) is 0. The molecule has 2 heterocycles. The first-order valence-corrected chi connectivity index (χ1v) is 7.06. The minimum absolute atomic E-state index is 0.671. The lowest BCUT2D eigenvalue weighted by atomic mass is 10.1. The van der Waals surface area contributed by atoms with Crippen molar-refractivity contribution in [3.63, 3.8) is 0 Å². The molecule has 0 aliphatic heterocycles. The van der Waals surface area contributed by atoms with Crippen LogP contribution < -0.4 is 5.32 Å². The van der Waals surface area contributed by atoms with Crippen LogP contribution in [0.4, 0.5) is 0 Å². The zero-order valence-electron chi connectivity index (χ0n) is 11.7. The first kappa shape index (κ1) is 12.9.